The van der Waals surface area contributed by atoms with E-state index in [0.717, 1.165) is 32.1 Å². The van der Waals surface area contributed by atoms with Crippen LogP contribution in [0.1, 0.15) is 81.7 Å². The Bertz CT molecular complexity index is 1130. The molecule has 2 heterocycles. The van der Waals surface area contributed by atoms with Gasteiger partial charge >= 0.3 is 0 Å². The molecule has 0 spiro atoms. The Morgan fingerprint density at radius 1 is 1.00 bits per heavy atom. The first-order chi connectivity index (χ1) is 17.8. The second-order valence-electron chi connectivity index (χ2n) is 12.9. The molecule has 3 saturated carbocycles. The summed E-state index contributed by atoms with van der Waals surface area (Å²) < 4.78 is 0. The maximum absolute atomic E-state index is 14.0. The van der Waals surface area contributed by atoms with Gasteiger partial charge in [0.25, 0.3) is 0 Å². The summed E-state index contributed by atoms with van der Waals surface area (Å²) in [5.74, 6) is 2.68. The molecule has 4 fully saturated rings. The van der Waals surface area contributed by atoms with Gasteiger partial charge in [-0.2, -0.15) is 0 Å². The molecule has 5 heteroatoms. The summed E-state index contributed by atoms with van der Waals surface area (Å²) in [6.45, 7) is 4.92. The first-order valence-electron chi connectivity index (χ1n) is 14.4. The van der Waals surface area contributed by atoms with Crippen molar-refractivity contribution < 1.29 is 9.59 Å². The van der Waals surface area contributed by atoms with Crippen LogP contribution in [0.25, 0.3) is 0 Å². The van der Waals surface area contributed by atoms with E-state index in [-0.39, 0.29) is 28.7 Å². The third-order valence-corrected chi connectivity index (χ3v) is 12.3. The van der Waals surface area contributed by atoms with Crippen LogP contribution >= 0.6 is 11.3 Å². The van der Waals surface area contributed by atoms with E-state index in [9.17, 15) is 9.59 Å². The molecule has 37 heavy (non-hydrogen) atoms. The van der Waals surface area contributed by atoms with Crippen LogP contribution in [0.4, 0.5) is 0 Å². The lowest BCUT2D eigenvalue weighted by Gasteiger charge is -2.61. The van der Waals surface area contributed by atoms with Crippen molar-refractivity contribution in [3.05, 3.63) is 58.3 Å². The maximum Gasteiger partial charge on any atom is 0.224 e. The number of fused-ring (bicyclic) bond motifs is 5. The average Bonchev–Trinajstić information content (AvgIpc) is 3.55. The average molecular weight is 519 g/mol. The van der Waals surface area contributed by atoms with Gasteiger partial charge in [0.2, 0.25) is 11.8 Å². The van der Waals surface area contributed by atoms with E-state index < -0.39 is 0 Å². The number of piperidine rings is 1. The number of nitrogens with one attached hydrogen (secondary N) is 1. The van der Waals surface area contributed by atoms with Crippen molar-refractivity contribution in [2.75, 3.05) is 7.05 Å². The molecular weight excluding hydrogens is 476 g/mol. The molecule has 0 bridgehead atoms. The topological polar surface area (TPSA) is 49.4 Å². The third kappa shape index (κ3) is 4.16. The van der Waals surface area contributed by atoms with Crippen LogP contribution in [0.2, 0.25) is 0 Å². The molecule has 1 saturated heterocycles. The molecule has 3 unspecified atom stereocenters. The van der Waals surface area contributed by atoms with E-state index in [1.165, 1.54) is 29.7 Å². The minimum atomic E-state index is 0.0264. The molecule has 2 amide bonds. The second kappa shape index (κ2) is 9.55. The zero-order chi connectivity index (χ0) is 25.8. The number of carbonyl (C=O) groups is 2. The number of amides is 2. The molecule has 1 N–H and O–H groups in total. The van der Waals surface area contributed by atoms with Crippen LogP contribution in [0, 0.1) is 34.5 Å². The minimum Gasteiger partial charge on any atom is -0.348 e. The molecule has 0 radical (unpaired) electrons. The molecule has 3 aliphatic carbocycles. The van der Waals surface area contributed by atoms with E-state index in [4.69, 9.17) is 0 Å². The van der Waals surface area contributed by atoms with Gasteiger partial charge in [0.05, 0.1) is 6.04 Å². The Hall–Kier alpha value is -2.14. The molecule has 1 aromatic heterocycles. The van der Waals surface area contributed by atoms with Gasteiger partial charge in [-0.1, -0.05) is 50.2 Å². The molecule has 4 aliphatic rings. The van der Waals surface area contributed by atoms with Crippen LogP contribution in [0.5, 0.6) is 0 Å². The molecular formula is C32H42N2O2S. The highest BCUT2D eigenvalue weighted by Crippen LogP contribution is 2.66. The van der Waals surface area contributed by atoms with E-state index >= 15 is 0 Å². The van der Waals surface area contributed by atoms with Crippen LogP contribution in [-0.4, -0.2) is 29.8 Å². The third-order valence-electron chi connectivity index (χ3n) is 11.4. The normalized spacial score (nSPS) is 37.9. The summed E-state index contributed by atoms with van der Waals surface area (Å²) in [5, 5.41) is 5.64. The first-order valence-corrected chi connectivity index (χ1v) is 15.3. The number of hydrogen-bond acceptors (Lipinski definition) is 3. The number of likely N-dealkylation sites (tertiary alicyclic amines) is 1. The summed E-state index contributed by atoms with van der Waals surface area (Å²) in [6, 6.07) is 15.2. The van der Waals surface area contributed by atoms with Gasteiger partial charge in [0.15, 0.2) is 0 Å². The predicted molar refractivity (Wildman–Crippen MR) is 149 cm³/mol. The van der Waals surface area contributed by atoms with Crippen LogP contribution in [0.3, 0.4) is 0 Å². The lowest BCUT2D eigenvalue weighted by Crippen LogP contribution is -2.61. The summed E-state index contributed by atoms with van der Waals surface area (Å²) in [6.07, 6.45) is 9.43. The molecule has 1 aliphatic heterocycles. The lowest BCUT2D eigenvalue weighted by atomic mass is 9.47. The van der Waals surface area contributed by atoms with E-state index in [2.05, 4.69) is 71.9 Å². The Kier molecular flexibility index (Phi) is 6.50. The molecule has 198 valence electrons. The van der Waals surface area contributed by atoms with Gasteiger partial charge in [-0.3, -0.25) is 9.59 Å². The van der Waals surface area contributed by atoms with Crippen LogP contribution < -0.4 is 5.32 Å². The van der Waals surface area contributed by atoms with Gasteiger partial charge in [-0.05, 0) is 97.0 Å². The van der Waals surface area contributed by atoms with Gasteiger partial charge in [-0.15, -0.1) is 11.3 Å². The van der Waals surface area contributed by atoms with Gasteiger partial charge in [0.1, 0.15) is 0 Å². The number of carbonyl (C=O) groups excluding carboxylic acids is 2. The van der Waals surface area contributed by atoms with E-state index in [0.29, 0.717) is 36.1 Å². The summed E-state index contributed by atoms with van der Waals surface area (Å²) in [4.78, 5) is 29.8. The number of thiophene rings is 1. The summed E-state index contributed by atoms with van der Waals surface area (Å²) >= 11 is 1.74. The van der Waals surface area contributed by atoms with E-state index in [1.54, 1.807) is 11.3 Å². The highest BCUT2D eigenvalue weighted by molar-refractivity contribution is 7.10. The number of rotatable bonds is 5. The zero-order valence-corrected chi connectivity index (χ0v) is 23.4. The molecule has 8 atom stereocenters. The highest BCUT2D eigenvalue weighted by Gasteiger charge is 2.62. The van der Waals surface area contributed by atoms with Gasteiger partial charge < -0.3 is 10.2 Å². The van der Waals surface area contributed by atoms with Crippen molar-refractivity contribution in [1.29, 1.82) is 0 Å². The van der Waals surface area contributed by atoms with Crippen molar-refractivity contribution >= 4 is 23.2 Å². The molecule has 4 nitrogen and oxygen atoms in total. The molecule has 2 aromatic rings. The Morgan fingerprint density at radius 3 is 2.54 bits per heavy atom. The maximum atomic E-state index is 14.0. The Labute approximate surface area is 226 Å². The first kappa shape index (κ1) is 25.2. The van der Waals surface area contributed by atoms with Crippen molar-refractivity contribution in [1.82, 2.24) is 10.2 Å². The number of benzene rings is 1. The fraction of sp³-hybridized carbons (Fsp3) is 0.625. The molecule has 6 rings (SSSR count). The fourth-order valence-corrected chi connectivity index (χ4v) is 10.2. The number of hydrogen-bond donors (Lipinski definition) is 1. The predicted octanol–water partition coefficient (Wildman–Crippen LogP) is 6.63. The highest BCUT2D eigenvalue weighted by atomic mass is 32.1. The smallest absolute Gasteiger partial charge is 0.224 e. The van der Waals surface area contributed by atoms with E-state index in [1.807, 2.05) is 7.05 Å². The summed E-state index contributed by atoms with van der Waals surface area (Å²) in [5.41, 5.74) is 1.57. The van der Waals surface area contributed by atoms with Crippen LogP contribution in [-0.2, 0) is 16.0 Å². The van der Waals surface area contributed by atoms with Gasteiger partial charge in [-0.25, -0.2) is 0 Å². The monoisotopic (exact) mass is 518 g/mol. The van der Waals surface area contributed by atoms with Crippen molar-refractivity contribution in [2.45, 2.75) is 83.7 Å². The summed E-state index contributed by atoms with van der Waals surface area (Å²) in [7, 11) is 2.03. The second-order valence-corrected chi connectivity index (χ2v) is 13.9. The quantitative estimate of drug-likeness (QED) is 0.483. The lowest BCUT2D eigenvalue weighted by molar-refractivity contribution is -0.159. The fourth-order valence-electron chi connectivity index (χ4n) is 9.42. The van der Waals surface area contributed by atoms with Crippen molar-refractivity contribution in [3.8, 4) is 0 Å². The SMILES string of the molecule is CN1C(=O)CC[C@@]2(C)C1CC[C@@H]1[C@H]2CC[C@]2(C)C(C(=O)NC(Cc3ccccc3)c3cccs3)CC[C@@H]12. The zero-order valence-electron chi connectivity index (χ0n) is 22.6. The Morgan fingerprint density at radius 2 is 1.78 bits per heavy atom. The van der Waals surface area contributed by atoms with Gasteiger partial charge in [0, 0.05) is 30.3 Å². The largest absolute Gasteiger partial charge is 0.348 e. The standard InChI is InChI=1S/C32H42N2O2S/c1-31-17-15-24-22(11-14-28-32(24,2)18-16-29(35)34(28)3)23(31)12-13-25(31)30(36)33-26(27-10-7-19-37-27)20-21-8-5-4-6-9-21/h4-10,19,22-26,28H,11-18,20H2,1-3H3,(H,33,36)/t22-,23-,24+,25?,26?,28?,31-,32+/m0/s1. The molecule has 1 aromatic carbocycles. The van der Waals surface area contributed by atoms with Crippen molar-refractivity contribution in [2.24, 2.45) is 34.5 Å². The minimum absolute atomic E-state index is 0.0264. The van der Waals surface area contributed by atoms with Crippen LogP contribution in [0.15, 0.2) is 47.8 Å². The number of nitrogens with zero attached hydrogens (tertiary/aromatic N) is 1. The van der Waals surface area contributed by atoms with Crippen molar-refractivity contribution in [3.63, 3.8) is 0 Å². The Balaban J connectivity index is 1.20.